The van der Waals surface area contributed by atoms with E-state index in [2.05, 4.69) is 53.4 Å². The third-order valence-corrected chi connectivity index (χ3v) is 13.6. The molecule has 4 amide bonds. The predicted octanol–water partition coefficient (Wildman–Crippen LogP) is 5.43. The molecule has 400 valence electrons. The number of aromatic nitrogens is 6. The Bertz CT molecular complexity index is 2730. The molecule has 0 aliphatic carbocycles. The molecule has 0 spiro atoms. The van der Waals surface area contributed by atoms with Gasteiger partial charge in [0, 0.05) is 45.4 Å². The topological polar surface area (TPSA) is 278 Å². The summed E-state index contributed by atoms with van der Waals surface area (Å²) in [6, 6.07) is 6.19. The lowest BCUT2D eigenvalue weighted by atomic mass is 9.85. The zero-order valence-corrected chi connectivity index (χ0v) is 44.7. The number of anilines is 1. The van der Waals surface area contributed by atoms with Gasteiger partial charge in [-0.15, -0.1) is 11.3 Å². The molecule has 20 nitrogen and oxygen atoms in total. The van der Waals surface area contributed by atoms with Crippen LogP contribution in [0.2, 0.25) is 0 Å². The first-order valence-corrected chi connectivity index (χ1v) is 26.6. The molecular formula is C53H74N12O8S. The first kappa shape index (κ1) is 56.8. The summed E-state index contributed by atoms with van der Waals surface area (Å²) < 4.78 is 12.9. The number of aliphatic hydroxyl groups excluding tert-OH is 1. The normalized spacial score (nSPS) is 15.2. The molecule has 5 heterocycles. The van der Waals surface area contributed by atoms with Crippen molar-refractivity contribution in [3.05, 3.63) is 52.9 Å². The first-order chi connectivity index (χ1) is 35.3. The van der Waals surface area contributed by atoms with Crippen molar-refractivity contribution in [1.82, 2.24) is 56.0 Å². The number of carbonyl (C=O) groups excluding carboxylic acids is 4. The number of aryl methyl sites for hydroxylation is 2. The summed E-state index contributed by atoms with van der Waals surface area (Å²) in [7, 11) is 0. The minimum absolute atomic E-state index is 0.0187. The van der Waals surface area contributed by atoms with Gasteiger partial charge in [-0.25, -0.2) is 19.6 Å². The third kappa shape index (κ3) is 16.0. The summed E-state index contributed by atoms with van der Waals surface area (Å²) in [6.45, 7) is 15.9. The van der Waals surface area contributed by atoms with E-state index in [0.717, 1.165) is 53.8 Å². The second-order valence-electron chi connectivity index (χ2n) is 20.4. The summed E-state index contributed by atoms with van der Waals surface area (Å²) in [6.07, 6.45) is 8.29. The number of carbonyl (C=O) groups is 4. The SMILES string of the molecule is CCn1c(-c2nonc2N)nc2c(C#CC(C)(C)O)ncc(OCCCNCCCC(=O)NCCCCCCCCC(=O)NC(C(=O)N3C[C@H](O)C[C@H]3C(=O)NCc3ccc(-c4scnc4C)cc3)C(C)(C)C)c21. The smallest absolute Gasteiger partial charge is 0.246 e. The number of pyridine rings is 1. The number of unbranched alkanes of at least 4 members (excludes halogenated alkanes) is 5. The Labute approximate surface area is 437 Å². The first-order valence-electron chi connectivity index (χ1n) is 25.7. The number of ether oxygens (including phenoxy) is 1. The van der Waals surface area contributed by atoms with E-state index in [9.17, 15) is 29.4 Å². The molecule has 0 radical (unpaired) electrons. The lowest BCUT2D eigenvalue weighted by Gasteiger charge is -2.35. The predicted molar refractivity (Wildman–Crippen MR) is 283 cm³/mol. The zero-order valence-electron chi connectivity index (χ0n) is 43.9. The number of fused-ring (bicyclic) bond motifs is 1. The van der Waals surface area contributed by atoms with Crippen LogP contribution in [0.5, 0.6) is 5.75 Å². The molecule has 1 aromatic carbocycles. The van der Waals surface area contributed by atoms with Crippen LogP contribution in [-0.4, -0.2) is 125 Å². The third-order valence-electron chi connectivity index (χ3n) is 12.6. The van der Waals surface area contributed by atoms with Gasteiger partial charge in [0.25, 0.3) is 0 Å². The Morgan fingerprint density at radius 2 is 1.65 bits per heavy atom. The number of aliphatic hydroxyl groups is 2. The Morgan fingerprint density at radius 1 is 0.932 bits per heavy atom. The second kappa shape index (κ2) is 26.7. The van der Waals surface area contributed by atoms with E-state index in [1.807, 2.05) is 69.0 Å². The largest absolute Gasteiger partial charge is 0.490 e. The number of β-amino-alcohol motifs (C(OH)–C–C–N with tert-alkyl or cyclic N) is 1. The van der Waals surface area contributed by atoms with Gasteiger partial charge in [0.2, 0.25) is 23.6 Å². The number of thiazole rings is 1. The van der Waals surface area contributed by atoms with Gasteiger partial charge in [0.1, 0.15) is 34.4 Å². The van der Waals surface area contributed by atoms with E-state index in [0.29, 0.717) is 92.5 Å². The average Bonchev–Trinajstić information content (AvgIpc) is 4.17. The van der Waals surface area contributed by atoms with Crippen molar-refractivity contribution in [3.63, 3.8) is 0 Å². The van der Waals surface area contributed by atoms with Gasteiger partial charge < -0.3 is 51.4 Å². The van der Waals surface area contributed by atoms with Crippen molar-refractivity contribution in [3.8, 4) is 39.5 Å². The fourth-order valence-corrected chi connectivity index (χ4v) is 9.50. The molecule has 1 aliphatic heterocycles. The highest BCUT2D eigenvalue weighted by Crippen LogP contribution is 2.34. The minimum Gasteiger partial charge on any atom is -0.490 e. The molecular weight excluding hydrogens is 965 g/mol. The Kier molecular flexibility index (Phi) is 20.5. The summed E-state index contributed by atoms with van der Waals surface area (Å²) in [5.74, 6) is 5.86. The fourth-order valence-electron chi connectivity index (χ4n) is 8.69. The Hall–Kier alpha value is -6.47. The number of rotatable bonds is 26. The molecule has 5 aromatic rings. The molecule has 4 aromatic heterocycles. The summed E-state index contributed by atoms with van der Waals surface area (Å²) in [5, 5.41) is 40.7. The van der Waals surface area contributed by atoms with E-state index in [4.69, 9.17) is 20.1 Å². The van der Waals surface area contributed by atoms with Gasteiger partial charge in [-0.3, -0.25) is 19.2 Å². The van der Waals surface area contributed by atoms with Gasteiger partial charge in [-0.1, -0.05) is 76.6 Å². The number of hydrogen-bond acceptors (Lipinski definition) is 16. The molecule has 1 aliphatic rings. The number of nitrogens with zero attached hydrogens (tertiary/aromatic N) is 7. The van der Waals surface area contributed by atoms with E-state index in [-0.39, 0.29) is 55.4 Å². The monoisotopic (exact) mass is 1040 g/mol. The number of likely N-dealkylation sites (tertiary alicyclic amines) is 1. The number of imidazole rings is 1. The highest BCUT2D eigenvalue weighted by Gasteiger charge is 2.44. The van der Waals surface area contributed by atoms with E-state index >= 15 is 0 Å². The molecule has 0 saturated carbocycles. The van der Waals surface area contributed by atoms with Gasteiger partial charge in [0.05, 0.1) is 35.0 Å². The van der Waals surface area contributed by atoms with Crippen LogP contribution in [0.25, 0.3) is 33.0 Å². The van der Waals surface area contributed by atoms with Crippen LogP contribution in [0, 0.1) is 24.2 Å². The maximum absolute atomic E-state index is 14.0. The molecule has 1 fully saturated rings. The van der Waals surface area contributed by atoms with Gasteiger partial charge in [-0.05, 0) is 99.2 Å². The van der Waals surface area contributed by atoms with Crippen molar-refractivity contribution in [2.24, 2.45) is 5.41 Å². The summed E-state index contributed by atoms with van der Waals surface area (Å²) in [4.78, 5) is 69.2. The van der Waals surface area contributed by atoms with Gasteiger partial charge in [0.15, 0.2) is 23.1 Å². The summed E-state index contributed by atoms with van der Waals surface area (Å²) >= 11 is 1.58. The van der Waals surface area contributed by atoms with E-state index < -0.39 is 29.2 Å². The van der Waals surface area contributed by atoms with Crippen molar-refractivity contribution >= 4 is 51.8 Å². The lowest BCUT2D eigenvalue weighted by Crippen LogP contribution is -2.57. The molecule has 1 saturated heterocycles. The Balaban J connectivity index is 0.814. The number of nitrogens with two attached hydrogens (primary N) is 1. The van der Waals surface area contributed by atoms with Crippen LogP contribution >= 0.6 is 11.3 Å². The van der Waals surface area contributed by atoms with Crippen LogP contribution in [-0.2, 0) is 32.3 Å². The molecule has 21 heteroatoms. The number of nitrogens with one attached hydrogen (secondary N) is 4. The highest BCUT2D eigenvalue weighted by atomic mass is 32.1. The molecule has 3 atom stereocenters. The van der Waals surface area contributed by atoms with Crippen molar-refractivity contribution in [2.45, 2.75) is 156 Å². The minimum atomic E-state index is -1.23. The maximum atomic E-state index is 14.0. The Morgan fingerprint density at radius 3 is 2.32 bits per heavy atom. The van der Waals surface area contributed by atoms with Crippen LogP contribution in [0.4, 0.5) is 5.82 Å². The lowest BCUT2D eigenvalue weighted by molar-refractivity contribution is -0.144. The number of hydrogen-bond donors (Lipinski definition) is 7. The van der Waals surface area contributed by atoms with Crippen molar-refractivity contribution in [1.29, 1.82) is 0 Å². The standard InChI is InChI=1S/C53H74N12O8S/c1-8-64-45-40(31-57-38(23-24-53(6,7)71)43(45)61-49(64)44-48(54)63-73-62-44)72-28-16-26-55-25-15-18-41(67)56-27-14-12-10-9-11-13-17-42(68)60-47(52(3,4)5)51(70)65-32-37(66)29-39(65)50(69)58-30-35-19-21-36(22-20-35)46-34(2)59-33-74-46/h19-22,31,33,37,39,47,55,66,71H,8-18,25-30,32H2,1-7H3,(H2,54,63)(H,56,67)(H,58,69)(H,60,68)/t37-,39+,47?/m1/s1. The quantitative estimate of drug-likeness (QED) is 0.0269. The van der Waals surface area contributed by atoms with E-state index in [1.165, 1.54) is 4.90 Å². The fraction of sp³-hybridized carbons (Fsp3) is 0.566. The average molecular weight is 1040 g/mol. The number of amides is 4. The number of benzene rings is 1. The summed E-state index contributed by atoms with van der Waals surface area (Å²) in [5.41, 5.74) is 10.7. The maximum Gasteiger partial charge on any atom is 0.246 e. The van der Waals surface area contributed by atoms with Gasteiger partial charge >= 0.3 is 0 Å². The molecule has 8 N–H and O–H groups in total. The van der Waals surface area contributed by atoms with Gasteiger partial charge in [-0.2, -0.15) is 0 Å². The number of nitrogen functional groups attached to an aromatic ring is 1. The highest BCUT2D eigenvalue weighted by molar-refractivity contribution is 7.13. The molecule has 1 unspecified atom stereocenters. The zero-order chi connectivity index (χ0) is 53.4. The van der Waals surface area contributed by atoms with Crippen molar-refractivity contribution < 1.29 is 38.8 Å². The van der Waals surface area contributed by atoms with E-state index in [1.54, 1.807) is 31.4 Å². The van der Waals surface area contributed by atoms with Crippen LogP contribution in [0.15, 0.2) is 40.6 Å². The van der Waals surface area contributed by atoms with Crippen LogP contribution in [0.3, 0.4) is 0 Å². The van der Waals surface area contributed by atoms with Crippen LogP contribution < -0.4 is 31.7 Å². The molecule has 74 heavy (non-hydrogen) atoms. The molecule has 6 rings (SSSR count). The molecule has 0 bridgehead atoms. The second-order valence-corrected chi connectivity index (χ2v) is 21.2. The van der Waals surface area contributed by atoms with Crippen molar-refractivity contribution in [2.75, 3.05) is 38.5 Å². The van der Waals surface area contributed by atoms with Crippen LogP contribution in [0.1, 0.15) is 129 Å².